The van der Waals surface area contributed by atoms with E-state index in [1.165, 1.54) is 4.90 Å². The molecule has 1 fully saturated rings. The van der Waals surface area contributed by atoms with Crippen molar-refractivity contribution in [1.29, 1.82) is 0 Å². The van der Waals surface area contributed by atoms with Crippen LogP contribution in [0.1, 0.15) is 30.5 Å². The molecule has 7 heteroatoms. The summed E-state index contributed by atoms with van der Waals surface area (Å²) >= 11 is 0. The largest absolute Gasteiger partial charge is 0.507 e. The molecule has 1 saturated heterocycles. The van der Waals surface area contributed by atoms with Crippen LogP contribution in [0, 0.1) is 0 Å². The minimum absolute atomic E-state index is 0.0755. The van der Waals surface area contributed by atoms with Crippen LogP contribution >= 0.6 is 0 Å². The maximum atomic E-state index is 13.1. The maximum Gasteiger partial charge on any atom is 0.295 e. The van der Waals surface area contributed by atoms with Crippen LogP contribution < -0.4 is 9.47 Å². The van der Waals surface area contributed by atoms with Crippen molar-refractivity contribution >= 4 is 17.4 Å². The Balaban J connectivity index is 2.10. The van der Waals surface area contributed by atoms with E-state index in [0.29, 0.717) is 42.3 Å². The van der Waals surface area contributed by atoms with Gasteiger partial charge in [0.15, 0.2) is 0 Å². The van der Waals surface area contributed by atoms with E-state index < -0.39 is 17.7 Å². The molecule has 3 rings (SSSR count). The Hall–Kier alpha value is -3.32. The molecule has 1 N–H and O–H groups in total. The Morgan fingerprint density at radius 1 is 1.09 bits per heavy atom. The van der Waals surface area contributed by atoms with Crippen LogP contribution in [0.4, 0.5) is 0 Å². The third-order valence-corrected chi connectivity index (χ3v) is 5.34. The lowest BCUT2D eigenvalue weighted by molar-refractivity contribution is -0.140. The van der Waals surface area contributed by atoms with Crippen molar-refractivity contribution < 1.29 is 24.2 Å². The summed E-state index contributed by atoms with van der Waals surface area (Å²) in [6.07, 6.45) is 0.864. The van der Waals surface area contributed by atoms with Crippen molar-refractivity contribution in [2.75, 3.05) is 40.9 Å². The van der Waals surface area contributed by atoms with Gasteiger partial charge in [0, 0.05) is 18.7 Å². The average Bonchev–Trinajstić information content (AvgIpc) is 3.06. The Bertz CT molecular complexity index is 998. The number of methoxy groups -OCH3 is 1. The molecule has 1 atom stereocenters. The van der Waals surface area contributed by atoms with E-state index in [2.05, 4.69) is 0 Å². The number of hydrogen-bond acceptors (Lipinski definition) is 6. The zero-order valence-corrected chi connectivity index (χ0v) is 19.0. The van der Waals surface area contributed by atoms with E-state index in [4.69, 9.17) is 9.47 Å². The number of amides is 1. The smallest absolute Gasteiger partial charge is 0.295 e. The van der Waals surface area contributed by atoms with Gasteiger partial charge in [0.25, 0.3) is 11.7 Å². The molecular weight excluding hydrogens is 408 g/mol. The molecule has 7 nitrogen and oxygen atoms in total. The molecule has 170 valence electrons. The molecule has 1 aliphatic rings. The van der Waals surface area contributed by atoms with Crippen LogP contribution in [0.2, 0.25) is 0 Å². The lowest BCUT2D eigenvalue weighted by Crippen LogP contribution is -2.35. The molecular formula is C25H30N2O5. The number of aliphatic hydroxyl groups excluding tert-OH is 1. The molecule has 0 saturated carbocycles. The van der Waals surface area contributed by atoms with Crippen molar-refractivity contribution in [3.05, 3.63) is 65.2 Å². The van der Waals surface area contributed by atoms with Gasteiger partial charge >= 0.3 is 0 Å². The Kier molecular flexibility index (Phi) is 7.53. The van der Waals surface area contributed by atoms with Crippen LogP contribution in [0.5, 0.6) is 11.5 Å². The average molecular weight is 439 g/mol. The summed E-state index contributed by atoms with van der Waals surface area (Å²) in [7, 11) is 5.36. The topological polar surface area (TPSA) is 79.3 Å². The monoisotopic (exact) mass is 438 g/mol. The molecule has 1 amide bonds. The van der Waals surface area contributed by atoms with Gasteiger partial charge < -0.3 is 24.4 Å². The number of ether oxygens (including phenoxy) is 2. The van der Waals surface area contributed by atoms with E-state index >= 15 is 0 Å². The van der Waals surface area contributed by atoms with Crippen LogP contribution in [0.15, 0.2) is 54.1 Å². The molecule has 0 radical (unpaired) electrons. The predicted octanol–water partition coefficient (Wildman–Crippen LogP) is 3.47. The normalized spacial score (nSPS) is 17.8. The van der Waals surface area contributed by atoms with Crippen molar-refractivity contribution in [3.63, 3.8) is 0 Å². The van der Waals surface area contributed by atoms with E-state index in [9.17, 15) is 14.7 Å². The highest BCUT2D eigenvalue weighted by Crippen LogP contribution is 2.40. The van der Waals surface area contributed by atoms with Gasteiger partial charge in [-0.05, 0) is 62.5 Å². The summed E-state index contributed by atoms with van der Waals surface area (Å²) in [6, 6.07) is 13.4. The second-order valence-electron chi connectivity index (χ2n) is 7.95. The summed E-state index contributed by atoms with van der Waals surface area (Å²) < 4.78 is 10.9. The first kappa shape index (κ1) is 23.3. The second kappa shape index (κ2) is 10.3. The van der Waals surface area contributed by atoms with Crippen molar-refractivity contribution in [2.24, 2.45) is 0 Å². The standard InChI is InChI=1S/C25H30N2O5/c1-5-15-32-20-8-6-7-18(16-20)22-21(23(28)17-9-11-19(31-4)12-10-17)24(29)25(30)27(22)14-13-26(2)3/h6-12,16,22,28H,5,13-15H2,1-4H3/b23-21+. The molecule has 1 unspecified atom stereocenters. The highest BCUT2D eigenvalue weighted by molar-refractivity contribution is 6.46. The lowest BCUT2D eigenvalue weighted by atomic mass is 9.95. The van der Waals surface area contributed by atoms with Gasteiger partial charge in [-0.25, -0.2) is 0 Å². The number of nitrogens with zero attached hydrogens (tertiary/aromatic N) is 2. The number of benzene rings is 2. The van der Waals surface area contributed by atoms with Gasteiger partial charge in [-0.1, -0.05) is 19.1 Å². The van der Waals surface area contributed by atoms with Crippen molar-refractivity contribution in [1.82, 2.24) is 9.80 Å². The highest BCUT2D eigenvalue weighted by Gasteiger charge is 2.46. The zero-order chi connectivity index (χ0) is 23.3. The quantitative estimate of drug-likeness (QED) is 0.367. The molecule has 0 bridgehead atoms. The minimum Gasteiger partial charge on any atom is -0.507 e. The molecule has 1 aliphatic heterocycles. The van der Waals surface area contributed by atoms with Gasteiger partial charge in [0.1, 0.15) is 17.3 Å². The first-order valence-electron chi connectivity index (χ1n) is 10.7. The van der Waals surface area contributed by atoms with E-state index in [1.807, 2.05) is 50.2 Å². The van der Waals surface area contributed by atoms with Crippen LogP contribution in [0.25, 0.3) is 5.76 Å². The number of hydrogen-bond donors (Lipinski definition) is 1. The summed E-state index contributed by atoms with van der Waals surface area (Å²) in [4.78, 5) is 29.5. The van der Waals surface area contributed by atoms with Crippen molar-refractivity contribution in [3.8, 4) is 11.5 Å². The Labute approximate surface area is 188 Å². The second-order valence-corrected chi connectivity index (χ2v) is 7.95. The SMILES string of the molecule is CCCOc1cccc(C2/C(=C(\O)c3ccc(OC)cc3)C(=O)C(=O)N2CCN(C)C)c1. The number of Topliss-reactive ketones (excluding diaryl/α,β-unsaturated/α-hetero) is 1. The molecule has 0 spiro atoms. The Morgan fingerprint density at radius 2 is 1.81 bits per heavy atom. The molecule has 2 aromatic carbocycles. The van der Waals surface area contributed by atoms with E-state index in [1.54, 1.807) is 31.4 Å². The lowest BCUT2D eigenvalue weighted by Gasteiger charge is -2.27. The van der Waals surface area contributed by atoms with Crippen LogP contribution in [0.3, 0.4) is 0 Å². The van der Waals surface area contributed by atoms with Gasteiger partial charge in [-0.15, -0.1) is 0 Å². The minimum atomic E-state index is -0.706. The molecule has 1 heterocycles. The number of ketones is 1. The van der Waals surface area contributed by atoms with Crippen molar-refractivity contribution in [2.45, 2.75) is 19.4 Å². The van der Waals surface area contributed by atoms with Gasteiger partial charge in [-0.3, -0.25) is 9.59 Å². The molecule has 0 aliphatic carbocycles. The molecule has 0 aromatic heterocycles. The number of likely N-dealkylation sites (tertiary alicyclic amines) is 1. The van der Waals surface area contributed by atoms with Crippen LogP contribution in [-0.4, -0.2) is 67.5 Å². The highest BCUT2D eigenvalue weighted by atomic mass is 16.5. The summed E-state index contributed by atoms with van der Waals surface area (Å²) in [5.74, 6) is -0.228. The van der Waals surface area contributed by atoms with Crippen LogP contribution in [-0.2, 0) is 9.59 Å². The fraction of sp³-hybridized carbons (Fsp3) is 0.360. The zero-order valence-electron chi connectivity index (χ0n) is 19.0. The summed E-state index contributed by atoms with van der Waals surface area (Å²) in [6.45, 7) is 3.52. The number of rotatable bonds is 9. The predicted molar refractivity (Wildman–Crippen MR) is 123 cm³/mol. The first-order chi connectivity index (χ1) is 15.4. The van der Waals surface area contributed by atoms with Gasteiger partial charge in [0.2, 0.25) is 0 Å². The first-order valence-corrected chi connectivity index (χ1v) is 10.7. The summed E-state index contributed by atoms with van der Waals surface area (Å²) in [5, 5.41) is 11.1. The maximum absolute atomic E-state index is 13.1. The number of carbonyl (C=O) groups is 2. The third-order valence-electron chi connectivity index (χ3n) is 5.34. The Morgan fingerprint density at radius 3 is 2.44 bits per heavy atom. The number of carbonyl (C=O) groups excluding carboxylic acids is 2. The van der Waals surface area contributed by atoms with E-state index in [0.717, 1.165) is 6.42 Å². The fourth-order valence-corrected chi connectivity index (χ4v) is 3.66. The molecule has 32 heavy (non-hydrogen) atoms. The van der Waals surface area contributed by atoms with E-state index in [-0.39, 0.29) is 11.3 Å². The fourth-order valence-electron chi connectivity index (χ4n) is 3.66. The third kappa shape index (κ3) is 4.94. The van der Waals surface area contributed by atoms with Gasteiger partial charge in [-0.2, -0.15) is 0 Å². The summed E-state index contributed by atoms with van der Waals surface area (Å²) in [5.41, 5.74) is 1.23. The number of likely N-dealkylation sites (N-methyl/N-ethyl adjacent to an activating group) is 1. The van der Waals surface area contributed by atoms with Gasteiger partial charge in [0.05, 0.1) is 25.3 Å². The number of aliphatic hydroxyl groups is 1. The molecule has 2 aromatic rings.